The molecular weight excluding hydrogens is 287 g/mol. The highest BCUT2D eigenvalue weighted by molar-refractivity contribution is 6.02. The normalized spacial score (nSPS) is 18.5. The van der Waals surface area contributed by atoms with Gasteiger partial charge in [0.25, 0.3) is 0 Å². The minimum atomic E-state index is -4.64. The highest BCUT2D eigenvalue weighted by atomic mass is 19.4. The van der Waals surface area contributed by atoms with Gasteiger partial charge in [-0.2, -0.15) is 18.2 Å². The van der Waals surface area contributed by atoms with E-state index >= 15 is 0 Å². The van der Waals surface area contributed by atoms with Crippen LogP contribution in [-0.2, 0) is 11.0 Å². The molecule has 3 rings (SSSR count). The fourth-order valence-corrected chi connectivity index (χ4v) is 1.97. The molecule has 1 aromatic heterocycles. The monoisotopic (exact) mass is 297 g/mol. The van der Waals surface area contributed by atoms with Gasteiger partial charge in [-0.1, -0.05) is 41.5 Å². The van der Waals surface area contributed by atoms with Crippen LogP contribution in [0.1, 0.15) is 18.4 Å². The van der Waals surface area contributed by atoms with Crippen LogP contribution in [0.15, 0.2) is 33.9 Å². The van der Waals surface area contributed by atoms with E-state index in [1.807, 2.05) is 6.92 Å². The van der Waals surface area contributed by atoms with Crippen LogP contribution in [0.2, 0.25) is 0 Å². The van der Waals surface area contributed by atoms with Gasteiger partial charge in [-0.15, -0.1) is 0 Å². The summed E-state index contributed by atoms with van der Waals surface area (Å²) in [5.41, 5.74) is 2.10. The Morgan fingerprint density at radius 2 is 1.81 bits per heavy atom. The molecular formula is C13H10F3N3O2. The highest BCUT2D eigenvalue weighted by Gasteiger charge is 2.38. The number of hydrogen-bond donors (Lipinski definition) is 0. The maximum absolute atomic E-state index is 12.4. The van der Waals surface area contributed by atoms with E-state index < -0.39 is 12.1 Å². The molecule has 1 unspecified atom stereocenters. The van der Waals surface area contributed by atoms with Crippen molar-refractivity contribution >= 4 is 5.71 Å². The van der Waals surface area contributed by atoms with Crippen molar-refractivity contribution in [3.63, 3.8) is 0 Å². The van der Waals surface area contributed by atoms with Gasteiger partial charge in [0, 0.05) is 11.5 Å². The molecule has 1 atom stereocenters. The maximum Gasteiger partial charge on any atom is 0.471 e. The molecule has 0 saturated carbocycles. The Hall–Kier alpha value is -2.38. The van der Waals surface area contributed by atoms with E-state index in [4.69, 9.17) is 4.84 Å². The quantitative estimate of drug-likeness (QED) is 0.854. The van der Waals surface area contributed by atoms with Crippen molar-refractivity contribution in [2.75, 3.05) is 6.61 Å². The average Bonchev–Trinajstić information content (AvgIpc) is 3.07. The Kier molecular flexibility index (Phi) is 3.15. The molecule has 2 aromatic rings. The summed E-state index contributed by atoms with van der Waals surface area (Å²) in [6, 6.07) is 6.72. The summed E-state index contributed by atoms with van der Waals surface area (Å²) in [4.78, 5) is 8.34. The molecule has 1 aromatic carbocycles. The standard InChI is InChI=1S/C13H10F3N3O2/c1-7-6-20-18-10(7)8-2-4-9(5-3-8)11-17-12(21-19-11)13(14,15)16/h2-5,7H,6H2,1H3. The number of halogens is 3. The largest absolute Gasteiger partial charge is 0.471 e. The summed E-state index contributed by atoms with van der Waals surface area (Å²) in [6.45, 7) is 2.51. The number of aromatic nitrogens is 2. The second-order valence-corrected chi connectivity index (χ2v) is 4.67. The Morgan fingerprint density at radius 1 is 1.14 bits per heavy atom. The van der Waals surface area contributed by atoms with Gasteiger partial charge in [0.2, 0.25) is 5.82 Å². The molecule has 2 heterocycles. The molecule has 0 aliphatic carbocycles. The summed E-state index contributed by atoms with van der Waals surface area (Å²) >= 11 is 0. The van der Waals surface area contributed by atoms with Crippen LogP contribution in [0.4, 0.5) is 13.2 Å². The van der Waals surface area contributed by atoms with Crippen LogP contribution in [0.5, 0.6) is 0 Å². The van der Waals surface area contributed by atoms with E-state index in [0.29, 0.717) is 12.2 Å². The molecule has 1 aliphatic heterocycles. The molecule has 1 aliphatic rings. The second-order valence-electron chi connectivity index (χ2n) is 4.67. The fraction of sp³-hybridized carbons (Fsp3) is 0.308. The molecule has 0 radical (unpaired) electrons. The third-order valence-corrected chi connectivity index (χ3v) is 3.06. The van der Waals surface area contributed by atoms with E-state index in [1.165, 1.54) is 0 Å². The average molecular weight is 297 g/mol. The van der Waals surface area contributed by atoms with Gasteiger partial charge < -0.3 is 9.36 Å². The lowest BCUT2D eigenvalue weighted by Crippen LogP contribution is -2.09. The van der Waals surface area contributed by atoms with Crippen LogP contribution >= 0.6 is 0 Å². The third kappa shape index (κ3) is 2.61. The van der Waals surface area contributed by atoms with Crippen molar-refractivity contribution in [2.45, 2.75) is 13.1 Å². The lowest BCUT2D eigenvalue weighted by molar-refractivity contribution is -0.159. The minimum absolute atomic E-state index is 0.105. The number of oxime groups is 1. The highest BCUT2D eigenvalue weighted by Crippen LogP contribution is 2.29. The molecule has 0 spiro atoms. The van der Waals surface area contributed by atoms with E-state index in [-0.39, 0.29) is 11.7 Å². The smallest absolute Gasteiger partial charge is 0.395 e. The summed E-state index contributed by atoms with van der Waals surface area (Å²) in [5.74, 6) is -1.28. The lowest BCUT2D eigenvalue weighted by Gasteiger charge is -2.04. The van der Waals surface area contributed by atoms with Gasteiger partial charge in [-0.05, 0) is 5.56 Å². The first-order valence-corrected chi connectivity index (χ1v) is 6.16. The van der Waals surface area contributed by atoms with Crippen LogP contribution in [0, 0.1) is 5.92 Å². The van der Waals surface area contributed by atoms with Crippen molar-refractivity contribution in [3.05, 3.63) is 35.7 Å². The number of nitrogens with zero attached hydrogens (tertiary/aromatic N) is 3. The van der Waals surface area contributed by atoms with Gasteiger partial charge in [0.05, 0.1) is 5.71 Å². The van der Waals surface area contributed by atoms with Crippen LogP contribution in [0.25, 0.3) is 11.4 Å². The van der Waals surface area contributed by atoms with Gasteiger partial charge >= 0.3 is 12.1 Å². The zero-order chi connectivity index (χ0) is 15.0. The third-order valence-electron chi connectivity index (χ3n) is 3.06. The first-order chi connectivity index (χ1) is 9.95. The molecule has 0 amide bonds. The first kappa shape index (κ1) is 13.6. The van der Waals surface area contributed by atoms with E-state index in [9.17, 15) is 13.2 Å². The van der Waals surface area contributed by atoms with E-state index in [0.717, 1.165) is 11.3 Å². The van der Waals surface area contributed by atoms with E-state index in [1.54, 1.807) is 24.3 Å². The molecule has 21 heavy (non-hydrogen) atoms. The molecule has 5 nitrogen and oxygen atoms in total. The van der Waals surface area contributed by atoms with Crippen molar-refractivity contribution in [3.8, 4) is 11.4 Å². The topological polar surface area (TPSA) is 60.5 Å². The number of benzene rings is 1. The zero-order valence-corrected chi connectivity index (χ0v) is 10.9. The van der Waals surface area contributed by atoms with E-state index in [2.05, 4.69) is 19.8 Å². The number of rotatable bonds is 2. The SMILES string of the molecule is CC1CON=C1c1ccc(-c2noc(C(F)(F)F)n2)cc1. The molecule has 0 fully saturated rings. The second kappa shape index (κ2) is 4.87. The molecule has 0 saturated heterocycles. The lowest BCUT2D eigenvalue weighted by atomic mass is 9.99. The maximum atomic E-state index is 12.4. The molecule has 8 heteroatoms. The van der Waals surface area contributed by atoms with Gasteiger partial charge in [-0.25, -0.2) is 0 Å². The fourth-order valence-electron chi connectivity index (χ4n) is 1.97. The predicted octanol–water partition coefficient (Wildman–Crippen LogP) is 3.13. The first-order valence-electron chi connectivity index (χ1n) is 6.16. The number of hydrogen-bond acceptors (Lipinski definition) is 5. The minimum Gasteiger partial charge on any atom is -0.395 e. The summed E-state index contributed by atoms with van der Waals surface area (Å²) in [5, 5.41) is 7.28. The van der Waals surface area contributed by atoms with Crippen LogP contribution in [-0.4, -0.2) is 22.5 Å². The molecule has 0 N–H and O–H groups in total. The van der Waals surface area contributed by atoms with Crippen molar-refractivity contribution in [2.24, 2.45) is 11.1 Å². The Labute approximate surface area is 117 Å². The van der Waals surface area contributed by atoms with Crippen LogP contribution < -0.4 is 0 Å². The molecule has 0 bridgehead atoms. The summed E-state index contributed by atoms with van der Waals surface area (Å²) in [7, 11) is 0. The Balaban J connectivity index is 1.86. The number of alkyl halides is 3. The van der Waals surface area contributed by atoms with Crippen molar-refractivity contribution in [1.29, 1.82) is 0 Å². The van der Waals surface area contributed by atoms with Crippen LogP contribution in [0.3, 0.4) is 0 Å². The van der Waals surface area contributed by atoms with Crippen molar-refractivity contribution in [1.82, 2.24) is 10.1 Å². The summed E-state index contributed by atoms with van der Waals surface area (Å²) in [6.07, 6.45) is -4.64. The Morgan fingerprint density at radius 3 is 2.33 bits per heavy atom. The van der Waals surface area contributed by atoms with Gasteiger partial charge in [0.15, 0.2) is 0 Å². The van der Waals surface area contributed by atoms with Gasteiger partial charge in [0.1, 0.15) is 6.61 Å². The van der Waals surface area contributed by atoms with Gasteiger partial charge in [-0.3, -0.25) is 0 Å². The predicted molar refractivity (Wildman–Crippen MR) is 66.4 cm³/mol. The van der Waals surface area contributed by atoms with Crippen molar-refractivity contribution < 1.29 is 22.5 Å². The zero-order valence-electron chi connectivity index (χ0n) is 10.9. The summed E-state index contributed by atoms with van der Waals surface area (Å²) < 4.78 is 41.4. The molecule has 110 valence electrons. The Bertz CT molecular complexity index is 677.